The predicted octanol–water partition coefficient (Wildman–Crippen LogP) is 4.56. The van der Waals surface area contributed by atoms with E-state index in [2.05, 4.69) is 32.0 Å². The maximum atomic E-state index is 6.01. The van der Waals surface area contributed by atoms with Crippen molar-refractivity contribution in [3.05, 3.63) is 63.7 Å². The molecule has 1 atom stereocenters. The highest BCUT2D eigenvalue weighted by molar-refractivity contribution is 6.30. The minimum Gasteiger partial charge on any atom is -0.489 e. The van der Waals surface area contributed by atoms with E-state index < -0.39 is 0 Å². The Kier molecular flexibility index (Phi) is 4.69. The standard InChI is InChI=1S/C17H20ClNO/c1-11-6-12(2)8-14(7-11)10-20-17-5-4-15(18)9-16(17)13(3)19/h4-9,13H,10,19H2,1-3H3/t13-/m0/s1. The Balaban J connectivity index is 2.18. The highest BCUT2D eigenvalue weighted by atomic mass is 35.5. The van der Waals surface area contributed by atoms with Gasteiger partial charge in [-0.25, -0.2) is 0 Å². The minimum absolute atomic E-state index is 0.108. The summed E-state index contributed by atoms with van der Waals surface area (Å²) in [5.74, 6) is 0.795. The molecular formula is C17H20ClNO. The van der Waals surface area contributed by atoms with Gasteiger partial charge >= 0.3 is 0 Å². The van der Waals surface area contributed by atoms with Crippen molar-refractivity contribution in [2.45, 2.75) is 33.4 Å². The van der Waals surface area contributed by atoms with Crippen LogP contribution in [0.15, 0.2) is 36.4 Å². The number of halogens is 1. The molecule has 0 heterocycles. The number of aryl methyl sites for hydroxylation is 2. The van der Waals surface area contributed by atoms with Crippen molar-refractivity contribution in [3.63, 3.8) is 0 Å². The molecule has 0 aromatic heterocycles. The van der Waals surface area contributed by atoms with E-state index in [0.717, 1.165) is 16.9 Å². The molecule has 0 aliphatic heterocycles. The number of hydrogen-bond acceptors (Lipinski definition) is 2. The molecule has 0 unspecified atom stereocenters. The molecule has 0 saturated carbocycles. The summed E-state index contributed by atoms with van der Waals surface area (Å²) < 4.78 is 5.91. The molecule has 0 saturated heterocycles. The van der Waals surface area contributed by atoms with Crippen LogP contribution in [0.4, 0.5) is 0 Å². The third-order valence-corrected chi connectivity index (χ3v) is 3.37. The summed E-state index contributed by atoms with van der Waals surface area (Å²) in [7, 11) is 0. The second-order valence-electron chi connectivity index (χ2n) is 5.26. The van der Waals surface area contributed by atoms with E-state index in [0.29, 0.717) is 11.6 Å². The van der Waals surface area contributed by atoms with E-state index in [-0.39, 0.29) is 6.04 Å². The summed E-state index contributed by atoms with van der Waals surface area (Å²) in [5.41, 5.74) is 10.5. The van der Waals surface area contributed by atoms with E-state index in [1.165, 1.54) is 11.1 Å². The van der Waals surface area contributed by atoms with Gasteiger partial charge in [0.25, 0.3) is 0 Å². The van der Waals surface area contributed by atoms with Crippen LogP contribution in [0.25, 0.3) is 0 Å². The molecule has 0 aliphatic carbocycles. The van der Waals surface area contributed by atoms with E-state index >= 15 is 0 Å². The van der Waals surface area contributed by atoms with Crippen LogP contribution in [-0.4, -0.2) is 0 Å². The monoisotopic (exact) mass is 289 g/mol. The molecule has 2 nitrogen and oxygen atoms in total. The fraction of sp³-hybridized carbons (Fsp3) is 0.294. The highest BCUT2D eigenvalue weighted by Gasteiger charge is 2.09. The lowest BCUT2D eigenvalue weighted by molar-refractivity contribution is 0.301. The molecule has 0 bridgehead atoms. The first kappa shape index (κ1) is 14.9. The number of nitrogens with two attached hydrogens (primary N) is 1. The predicted molar refractivity (Wildman–Crippen MR) is 84.3 cm³/mol. The highest BCUT2D eigenvalue weighted by Crippen LogP contribution is 2.28. The van der Waals surface area contributed by atoms with Gasteiger partial charge in [0.15, 0.2) is 0 Å². The third kappa shape index (κ3) is 3.75. The Morgan fingerprint density at radius 1 is 1.10 bits per heavy atom. The number of hydrogen-bond donors (Lipinski definition) is 1. The second-order valence-corrected chi connectivity index (χ2v) is 5.69. The maximum absolute atomic E-state index is 6.01. The van der Waals surface area contributed by atoms with Crippen molar-refractivity contribution >= 4 is 11.6 Å². The first-order chi connectivity index (χ1) is 9.45. The van der Waals surface area contributed by atoms with Crippen molar-refractivity contribution in [1.82, 2.24) is 0 Å². The van der Waals surface area contributed by atoms with Gasteiger partial charge in [-0.05, 0) is 44.5 Å². The average molecular weight is 290 g/mol. The molecule has 0 radical (unpaired) electrons. The number of ether oxygens (including phenoxy) is 1. The van der Waals surface area contributed by atoms with E-state index in [9.17, 15) is 0 Å². The van der Waals surface area contributed by atoms with Gasteiger partial charge in [-0.3, -0.25) is 0 Å². The van der Waals surface area contributed by atoms with Crippen molar-refractivity contribution in [1.29, 1.82) is 0 Å². The molecule has 0 aliphatic rings. The van der Waals surface area contributed by atoms with Crippen LogP contribution < -0.4 is 10.5 Å². The van der Waals surface area contributed by atoms with Crippen molar-refractivity contribution in [2.75, 3.05) is 0 Å². The third-order valence-electron chi connectivity index (χ3n) is 3.14. The molecule has 2 aromatic rings. The fourth-order valence-corrected chi connectivity index (χ4v) is 2.50. The van der Waals surface area contributed by atoms with E-state index in [1.807, 2.05) is 25.1 Å². The minimum atomic E-state index is -0.108. The van der Waals surface area contributed by atoms with Gasteiger partial charge in [0, 0.05) is 16.6 Å². The molecular weight excluding hydrogens is 270 g/mol. The lowest BCUT2D eigenvalue weighted by atomic mass is 10.1. The summed E-state index contributed by atoms with van der Waals surface area (Å²) in [5, 5.41) is 0.677. The smallest absolute Gasteiger partial charge is 0.124 e. The molecule has 3 heteroatoms. The molecule has 0 amide bonds. The van der Waals surface area contributed by atoms with Crippen LogP contribution in [0.5, 0.6) is 5.75 Å². The zero-order chi connectivity index (χ0) is 14.7. The van der Waals surface area contributed by atoms with Crippen LogP contribution in [0.2, 0.25) is 5.02 Å². The normalized spacial score (nSPS) is 12.2. The summed E-state index contributed by atoms with van der Waals surface area (Å²) in [6.45, 7) is 6.64. The first-order valence-corrected chi connectivity index (χ1v) is 7.08. The molecule has 2 rings (SSSR count). The zero-order valence-corrected chi connectivity index (χ0v) is 12.9. The van der Waals surface area contributed by atoms with Crippen molar-refractivity contribution < 1.29 is 4.74 Å². The molecule has 0 fully saturated rings. The van der Waals surface area contributed by atoms with Gasteiger partial charge in [0.05, 0.1) is 0 Å². The lowest BCUT2D eigenvalue weighted by Gasteiger charge is -2.15. The zero-order valence-electron chi connectivity index (χ0n) is 12.1. The number of rotatable bonds is 4. The van der Waals surface area contributed by atoms with Crippen molar-refractivity contribution in [3.8, 4) is 5.75 Å². The number of benzene rings is 2. The van der Waals surface area contributed by atoms with Crippen LogP contribution in [-0.2, 0) is 6.61 Å². The second kappa shape index (κ2) is 6.29. The SMILES string of the molecule is Cc1cc(C)cc(COc2ccc(Cl)cc2[C@H](C)N)c1. The van der Waals surface area contributed by atoms with Gasteiger partial charge in [-0.15, -0.1) is 0 Å². The molecule has 20 heavy (non-hydrogen) atoms. The van der Waals surface area contributed by atoms with Crippen LogP contribution in [0.1, 0.15) is 35.2 Å². The van der Waals surface area contributed by atoms with Crippen LogP contribution >= 0.6 is 11.6 Å². The van der Waals surface area contributed by atoms with Gasteiger partial charge < -0.3 is 10.5 Å². The topological polar surface area (TPSA) is 35.2 Å². The van der Waals surface area contributed by atoms with Crippen LogP contribution in [0.3, 0.4) is 0 Å². The summed E-state index contributed by atoms with van der Waals surface area (Å²) >= 11 is 6.01. The van der Waals surface area contributed by atoms with Gasteiger partial charge in [-0.1, -0.05) is 40.9 Å². The first-order valence-electron chi connectivity index (χ1n) is 6.70. The Labute approximate surface area is 125 Å². The van der Waals surface area contributed by atoms with Crippen LogP contribution in [0, 0.1) is 13.8 Å². The Hall–Kier alpha value is -1.51. The summed E-state index contributed by atoms with van der Waals surface area (Å²) in [6, 6.07) is 11.9. The van der Waals surface area contributed by atoms with Gasteiger partial charge in [-0.2, -0.15) is 0 Å². The summed E-state index contributed by atoms with van der Waals surface area (Å²) in [6.07, 6.45) is 0. The Morgan fingerprint density at radius 2 is 1.75 bits per heavy atom. The molecule has 2 aromatic carbocycles. The summed E-state index contributed by atoms with van der Waals surface area (Å²) in [4.78, 5) is 0. The Bertz CT molecular complexity index is 588. The molecule has 106 valence electrons. The maximum Gasteiger partial charge on any atom is 0.124 e. The largest absolute Gasteiger partial charge is 0.489 e. The molecule has 2 N–H and O–H groups in total. The van der Waals surface area contributed by atoms with Crippen molar-refractivity contribution in [2.24, 2.45) is 5.73 Å². The molecule has 0 spiro atoms. The Morgan fingerprint density at radius 3 is 2.35 bits per heavy atom. The quantitative estimate of drug-likeness (QED) is 0.896. The fourth-order valence-electron chi connectivity index (χ4n) is 2.32. The average Bonchev–Trinajstić information content (AvgIpc) is 2.36. The van der Waals surface area contributed by atoms with E-state index in [4.69, 9.17) is 22.1 Å². The van der Waals surface area contributed by atoms with Gasteiger partial charge in [0.2, 0.25) is 0 Å². The lowest BCUT2D eigenvalue weighted by Crippen LogP contribution is -2.08. The van der Waals surface area contributed by atoms with Gasteiger partial charge in [0.1, 0.15) is 12.4 Å². The van der Waals surface area contributed by atoms with E-state index in [1.54, 1.807) is 0 Å².